The van der Waals surface area contributed by atoms with Crippen molar-refractivity contribution < 1.29 is 17.9 Å². The summed E-state index contributed by atoms with van der Waals surface area (Å²) < 4.78 is 43.5. The van der Waals surface area contributed by atoms with Gasteiger partial charge in [-0.15, -0.1) is 6.58 Å². The van der Waals surface area contributed by atoms with Gasteiger partial charge in [0.1, 0.15) is 11.9 Å². The monoisotopic (exact) mass is 315 g/mol. The first-order valence-electron chi connectivity index (χ1n) is 6.85. The molecule has 1 unspecified atom stereocenters. The van der Waals surface area contributed by atoms with Crippen LogP contribution in [0.25, 0.3) is 0 Å². The Kier molecular flexibility index (Phi) is 6.75. The molecule has 22 heavy (non-hydrogen) atoms. The van der Waals surface area contributed by atoms with Crippen LogP contribution in [0, 0.1) is 0 Å². The zero-order valence-corrected chi connectivity index (χ0v) is 12.4. The quantitative estimate of drug-likeness (QED) is 0.462. The molecule has 0 aromatic heterocycles. The summed E-state index contributed by atoms with van der Waals surface area (Å²) in [4.78, 5) is 4.09. The second kappa shape index (κ2) is 8.31. The van der Waals surface area contributed by atoms with Crippen molar-refractivity contribution in [2.75, 3.05) is 13.1 Å². The van der Waals surface area contributed by atoms with E-state index in [4.69, 9.17) is 10.5 Å². The van der Waals surface area contributed by atoms with Crippen LogP contribution >= 0.6 is 0 Å². The van der Waals surface area contributed by atoms with Gasteiger partial charge in [0.25, 0.3) is 0 Å². The second-order valence-corrected chi connectivity index (χ2v) is 4.57. The molecular formula is C15H20F3N3O. The molecule has 122 valence electrons. The molecule has 3 N–H and O–H groups in total. The number of alkyl halides is 3. The molecule has 4 nitrogen and oxygen atoms in total. The second-order valence-electron chi connectivity index (χ2n) is 4.57. The molecule has 0 saturated carbocycles. The van der Waals surface area contributed by atoms with Crippen molar-refractivity contribution in [1.29, 1.82) is 0 Å². The number of ether oxygens (including phenoxy) is 1. The molecule has 0 aliphatic carbocycles. The third-order valence-corrected chi connectivity index (χ3v) is 2.81. The number of hydrogen-bond donors (Lipinski definition) is 2. The highest BCUT2D eigenvalue weighted by Crippen LogP contribution is 2.31. The number of rotatable bonds is 7. The van der Waals surface area contributed by atoms with Gasteiger partial charge in [0, 0.05) is 6.54 Å². The van der Waals surface area contributed by atoms with E-state index >= 15 is 0 Å². The Hall–Kier alpha value is -2.18. The van der Waals surface area contributed by atoms with Crippen LogP contribution in [0.5, 0.6) is 5.75 Å². The highest BCUT2D eigenvalue weighted by Gasteiger charge is 2.30. The molecule has 1 atom stereocenters. The molecule has 0 aliphatic rings. The van der Waals surface area contributed by atoms with Gasteiger partial charge in [-0.1, -0.05) is 19.1 Å². The first-order chi connectivity index (χ1) is 10.4. The topological polar surface area (TPSA) is 59.6 Å². The van der Waals surface area contributed by atoms with Crippen molar-refractivity contribution in [3.8, 4) is 5.75 Å². The maximum absolute atomic E-state index is 12.6. The van der Waals surface area contributed by atoms with E-state index in [1.807, 2.05) is 6.92 Å². The van der Waals surface area contributed by atoms with Gasteiger partial charge >= 0.3 is 6.18 Å². The molecule has 0 radical (unpaired) electrons. The van der Waals surface area contributed by atoms with Crippen LogP contribution in [-0.2, 0) is 6.18 Å². The van der Waals surface area contributed by atoms with Crippen molar-refractivity contribution in [3.05, 3.63) is 42.5 Å². The summed E-state index contributed by atoms with van der Waals surface area (Å²) in [6.07, 6.45) is -2.52. The number of guanidine groups is 1. The molecular weight excluding hydrogens is 295 g/mol. The minimum Gasteiger partial charge on any atom is -0.488 e. The van der Waals surface area contributed by atoms with Crippen LogP contribution in [0.15, 0.2) is 41.9 Å². The standard InChI is InChI=1S/C15H20F3N3O/c1-3-8-20-14(19)21-10-12(4-2)22-13-7-5-6-11(9-13)15(16,17)18/h3,5-7,9,12H,1,4,8,10H2,2H3,(H3,19,20,21). The maximum Gasteiger partial charge on any atom is 0.416 e. The Morgan fingerprint density at radius 3 is 2.82 bits per heavy atom. The van der Waals surface area contributed by atoms with Crippen LogP contribution < -0.4 is 15.8 Å². The zero-order valence-electron chi connectivity index (χ0n) is 12.4. The average Bonchev–Trinajstić information content (AvgIpc) is 2.48. The summed E-state index contributed by atoms with van der Waals surface area (Å²) in [5, 5.41) is 2.81. The van der Waals surface area contributed by atoms with Crippen molar-refractivity contribution in [2.24, 2.45) is 10.7 Å². The van der Waals surface area contributed by atoms with Crippen LogP contribution in [0.4, 0.5) is 13.2 Å². The fourth-order valence-electron chi connectivity index (χ4n) is 1.62. The largest absolute Gasteiger partial charge is 0.488 e. The van der Waals surface area contributed by atoms with E-state index in [0.29, 0.717) is 13.0 Å². The first kappa shape index (κ1) is 17.9. The summed E-state index contributed by atoms with van der Waals surface area (Å²) in [5.41, 5.74) is 4.88. The van der Waals surface area contributed by atoms with E-state index in [9.17, 15) is 13.2 Å². The van der Waals surface area contributed by atoms with Crippen molar-refractivity contribution >= 4 is 5.96 Å². The predicted octanol–water partition coefficient (Wildman–Crippen LogP) is 2.95. The summed E-state index contributed by atoms with van der Waals surface area (Å²) in [7, 11) is 0. The summed E-state index contributed by atoms with van der Waals surface area (Å²) >= 11 is 0. The molecule has 0 fully saturated rings. The lowest BCUT2D eigenvalue weighted by Gasteiger charge is -2.17. The fourth-order valence-corrected chi connectivity index (χ4v) is 1.62. The molecule has 0 saturated heterocycles. The SMILES string of the molecule is C=CCNC(N)=NCC(CC)Oc1cccc(C(F)(F)F)c1. The van der Waals surface area contributed by atoms with E-state index in [2.05, 4.69) is 16.9 Å². The van der Waals surface area contributed by atoms with Gasteiger partial charge in [0.2, 0.25) is 0 Å². The Morgan fingerprint density at radius 1 is 1.50 bits per heavy atom. The van der Waals surface area contributed by atoms with Crippen molar-refractivity contribution in [1.82, 2.24) is 5.32 Å². The number of hydrogen-bond acceptors (Lipinski definition) is 2. The lowest BCUT2D eigenvalue weighted by molar-refractivity contribution is -0.137. The number of nitrogens with two attached hydrogens (primary N) is 1. The Labute approximate surface area is 127 Å². The fraction of sp³-hybridized carbons (Fsp3) is 0.400. The van der Waals surface area contributed by atoms with Crippen LogP contribution in [-0.4, -0.2) is 25.2 Å². The molecule has 0 bridgehead atoms. The molecule has 1 rings (SSSR count). The van der Waals surface area contributed by atoms with Crippen LogP contribution in [0.1, 0.15) is 18.9 Å². The van der Waals surface area contributed by atoms with E-state index in [-0.39, 0.29) is 24.4 Å². The number of aliphatic imine (C=N–C) groups is 1. The van der Waals surface area contributed by atoms with Gasteiger partial charge in [-0.25, -0.2) is 4.99 Å². The van der Waals surface area contributed by atoms with E-state index in [1.165, 1.54) is 12.1 Å². The number of nitrogens with zero attached hydrogens (tertiary/aromatic N) is 1. The third-order valence-electron chi connectivity index (χ3n) is 2.81. The summed E-state index contributed by atoms with van der Waals surface area (Å²) in [6.45, 7) is 6.14. The van der Waals surface area contributed by atoms with Crippen molar-refractivity contribution in [2.45, 2.75) is 25.6 Å². The average molecular weight is 315 g/mol. The smallest absolute Gasteiger partial charge is 0.416 e. The molecule has 0 heterocycles. The van der Waals surface area contributed by atoms with Gasteiger partial charge in [-0.05, 0) is 24.6 Å². The lowest BCUT2D eigenvalue weighted by Crippen LogP contribution is -2.33. The number of benzene rings is 1. The molecule has 0 aliphatic heterocycles. The highest BCUT2D eigenvalue weighted by molar-refractivity contribution is 5.77. The number of nitrogens with one attached hydrogen (secondary N) is 1. The van der Waals surface area contributed by atoms with E-state index < -0.39 is 11.7 Å². The van der Waals surface area contributed by atoms with Crippen LogP contribution in [0.3, 0.4) is 0 Å². The van der Waals surface area contributed by atoms with Gasteiger partial charge < -0.3 is 15.8 Å². The maximum atomic E-state index is 12.6. The Bertz CT molecular complexity index is 515. The zero-order chi connectivity index (χ0) is 16.6. The first-order valence-corrected chi connectivity index (χ1v) is 6.85. The highest BCUT2D eigenvalue weighted by atomic mass is 19.4. The molecule has 0 amide bonds. The Balaban J connectivity index is 2.68. The van der Waals surface area contributed by atoms with Gasteiger partial charge in [-0.2, -0.15) is 13.2 Å². The molecule has 1 aromatic rings. The summed E-state index contributed by atoms with van der Waals surface area (Å²) in [6, 6.07) is 4.78. The molecule has 0 spiro atoms. The summed E-state index contributed by atoms with van der Waals surface area (Å²) in [5.74, 6) is 0.403. The van der Waals surface area contributed by atoms with Gasteiger partial charge in [-0.3, -0.25) is 0 Å². The van der Waals surface area contributed by atoms with E-state index in [0.717, 1.165) is 12.1 Å². The molecule has 1 aromatic carbocycles. The minimum absolute atomic E-state index is 0.162. The van der Waals surface area contributed by atoms with Gasteiger partial charge in [0.15, 0.2) is 5.96 Å². The van der Waals surface area contributed by atoms with Crippen LogP contribution in [0.2, 0.25) is 0 Å². The Morgan fingerprint density at radius 2 is 2.23 bits per heavy atom. The third kappa shape index (κ3) is 6.07. The van der Waals surface area contributed by atoms with E-state index in [1.54, 1.807) is 6.08 Å². The lowest BCUT2D eigenvalue weighted by atomic mass is 10.2. The minimum atomic E-state index is -4.39. The number of halogens is 3. The normalized spacial score (nSPS) is 13.5. The van der Waals surface area contributed by atoms with Gasteiger partial charge in [0.05, 0.1) is 12.1 Å². The predicted molar refractivity (Wildman–Crippen MR) is 80.8 cm³/mol. The van der Waals surface area contributed by atoms with Crippen molar-refractivity contribution in [3.63, 3.8) is 0 Å². The molecule has 7 heteroatoms.